The second kappa shape index (κ2) is 7.36. The monoisotopic (exact) mass is 366 g/mol. The number of ether oxygens (including phenoxy) is 1. The van der Waals surface area contributed by atoms with Crippen LogP contribution < -0.4 is 10.1 Å². The van der Waals surface area contributed by atoms with E-state index in [0.29, 0.717) is 31.1 Å². The van der Waals surface area contributed by atoms with Crippen LogP contribution in [0.15, 0.2) is 42.6 Å². The molecule has 3 heterocycles. The smallest absolute Gasteiger partial charge is 0.253 e. The molecule has 140 valence electrons. The van der Waals surface area contributed by atoms with Gasteiger partial charge in [-0.25, -0.2) is 4.98 Å². The summed E-state index contributed by atoms with van der Waals surface area (Å²) in [6.45, 7) is 3.36. The van der Waals surface area contributed by atoms with Crippen molar-refractivity contribution in [2.75, 3.05) is 39.8 Å². The fourth-order valence-electron chi connectivity index (χ4n) is 3.62. The lowest BCUT2D eigenvalue weighted by Gasteiger charge is -2.43. The number of nitrogens with zero attached hydrogens (tertiary/aromatic N) is 3. The van der Waals surface area contributed by atoms with Crippen LogP contribution in [0.5, 0.6) is 5.88 Å². The second-order valence-electron chi connectivity index (χ2n) is 6.76. The van der Waals surface area contributed by atoms with Crippen molar-refractivity contribution < 1.29 is 14.3 Å². The predicted octanol–water partition coefficient (Wildman–Crippen LogP) is 1.01. The lowest BCUT2D eigenvalue weighted by molar-refractivity contribution is -0.131. The molecule has 2 amide bonds. The number of methoxy groups -OCH3 is 1. The van der Waals surface area contributed by atoms with Gasteiger partial charge in [-0.05, 0) is 23.8 Å². The first-order valence-corrected chi connectivity index (χ1v) is 9.07. The molecule has 0 spiro atoms. The van der Waals surface area contributed by atoms with E-state index < -0.39 is 0 Å². The lowest BCUT2D eigenvalue weighted by atomic mass is 10.0. The average molecular weight is 366 g/mol. The third kappa shape index (κ3) is 3.50. The highest BCUT2D eigenvalue weighted by Gasteiger charge is 2.36. The normalized spacial score (nSPS) is 20.0. The summed E-state index contributed by atoms with van der Waals surface area (Å²) in [6, 6.07) is 11.0. The molecule has 1 aromatic heterocycles. The Bertz CT molecular complexity index is 835. The number of carbonyl (C=O) groups is 2. The van der Waals surface area contributed by atoms with E-state index in [0.717, 1.165) is 24.2 Å². The topological polar surface area (TPSA) is 74.8 Å². The van der Waals surface area contributed by atoms with Gasteiger partial charge < -0.3 is 15.0 Å². The molecule has 2 aliphatic heterocycles. The van der Waals surface area contributed by atoms with Crippen LogP contribution in [-0.2, 0) is 4.79 Å². The third-order valence-corrected chi connectivity index (χ3v) is 5.19. The van der Waals surface area contributed by atoms with Gasteiger partial charge in [-0.3, -0.25) is 14.5 Å². The van der Waals surface area contributed by atoms with Gasteiger partial charge >= 0.3 is 0 Å². The van der Waals surface area contributed by atoms with E-state index in [2.05, 4.69) is 15.2 Å². The number of amides is 2. The first-order valence-electron chi connectivity index (χ1n) is 9.07. The van der Waals surface area contributed by atoms with Crippen LogP contribution in [-0.4, -0.2) is 72.5 Å². The Labute approximate surface area is 157 Å². The molecule has 0 radical (unpaired) electrons. The number of benzene rings is 1. The zero-order valence-electron chi connectivity index (χ0n) is 15.2. The van der Waals surface area contributed by atoms with Gasteiger partial charge in [-0.2, -0.15) is 0 Å². The summed E-state index contributed by atoms with van der Waals surface area (Å²) < 4.78 is 5.07. The van der Waals surface area contributed by atoms with Crippen molar-refractivity contribution in [2.24, 2.45) is 0 Å². The molecule has 0 bridgehead atoms. The standard InChI is InChI=1S/C20H22N4O3/c1-27-18-7-6-16(12-22-18)14-2-4-15(5-3-14)20(26)24-11-10-23-9-8-21-19(25)17(23)13-24/h2-7,12,17H,8-11,13H2,1H3,(H,21,25). The fraction of sp³-hybridized carbons (Fsp3) is 0.350. The van der Waals surface area contributed by atoms with E-state index in [1.807, 2.05) is 36.4 Å². The Balaban J connectivity index is 1.46. The van der Waals surface area contributed by atoms with Crippen molar-refractivity contribution in [3.8, 4) is 17.0 Å². The molecule has 4 rings (SSSR count). The minimum atomic E-state index is -0.235. The third-order valence-electron chi connectivity index (χ3n) is 5.19. The molecular weight excluding hydrogens is 344 g/mol. The number of pyridine rings is 1. The van der Waals surface area contributed by atoms with Crippen molar-refractivity contribution in [1.82, 2.24) is 20.1 Å². The van der Waals surface area contributed by atoms with Crippen LogP contribution in [0.25, 0.3) is 11.1 Å². The second-order valence-corrected chi connectivity index (χ2v) is 6.76. The molecular formula is C20H22N4O3. The van der Waals surface area contributed by atoms with Crippen molar-refractivity contribution in [1.29, 1.82) is 0 Å². The summed E-state index contributed by atoms with van der Waals surface area (Å²) in [5.74, 6) is 0.546. The van der Waals surface area contributed by atoms with Gasteiger partial charge in [0.05, 0.1) is 7.11 Å². The van der Waals surface area contributed by atoms with E-state index >= 15 is 0 Å². The molecule has 1 unspecified atom stereocenters. The number of aromatic nitrogens is 1. The SMILES string of the molecule is COc1ccc(-c2ccc(C(=O)N3CCN4CCNC(=O)C4C3)cc2)cn1. The van der Waals surface area contributed by atoms with E-state index in [4.69, 9.17) is 4.74 Å². The molecule has 27 heavy (non-hydrogen) atoms. The quantitative estimate of drug-likeness (QED) is 0.878. The number of carbonyl (C=O) groups excluding carboxylic acids is 2. The largest absolute Gasteiger partial charge is 0.481 e. The molecule has 2 aromatic rings. The highest BCUT2D eigenvalue weighted by Crippen LogP contribution is 2.22. The molecule has 2 aliphatic rings. The first kappa shape index (κ1) is 17.5. The average Bonchev–Trinajstić information content (AvgIpc) is 2.73. The lowest BCUT2D eigenvalue weighted by Crippen LogP contribution is -2.64. The maximum absolute atomic E-state index is 12.9. The van der Waals surface area contributed by atoms with Crippen LogP contribution in [0.4, 0.5) is 0 Å². The summed E-state index contributed by atoms with van der Waals surface area (Å²) in [5.41, 5.74) is 2.57. The van der Waals surface area contributed by atoms with Gasteiger partial charge in [0, 0.05) is 56.1 Å². The van der Waals surface area contributed by atoms with Crippen LogP contribution in [0.1, 0.15) is 10.4 Å². The highest BCUT2D eigenvalue weighted by molar-refractivity contribution is 5.95. The summed E-state index contributed by atoms with van der Waals surface area (Å²) in [5, 5.41) is 2.88. The number of hydrogen-bond donors (Lipinski definition) is 1. The molecule has 0 aliphatic carbocycles. The highest BCUT2D eigenvalue weighted by atomic mass is 16.5. The fourth-order valence-corrected chi connectivity index (χ4v) is 3.62. The van der Waals surface area contributed by atoms with Crippen molar-refractivity contribution in [3.05, 3.63) is 48.2 Å². The number of nitrogens with one attached hydrogen (secondary N) is 1. The van der Waals surface area contributed by atoms with Crippen LogP contribution in [0.2, 0.25) is 0 Å². The summed E-state index contributed by atoms with van der Waals surface area (Å²) in [6.07, 6.45) is 1.75. The maximum atomic E-state index is 12.9. The summed E-state index contributed by atoms with van der Waals surface area (Å²) in [4.78, 5) is 33.1. The van der Waals surface area contributed by atoms with Gasteiger partial charge in [0.25, 0.3) is 5.91 Å². The molecule has 1 atom stereocenters. The number of rotatable bonds is 3. The molecule has 1 N–H and O–H groups in total. The van der Waals surface area contributed by atoms with Crippen molar-refractivity contribution in [2.45, 2.75) is 6.04 Å². The summed E-state index contributed by atoms with van der Waals surface area (Å²) in [7, 11) is 1.58. The van der Waals surface area contributed by atoms with E-state index in [-0.39, 0.29) is 17.9 Å². The Kier molecular flexibility index (Phi) is 4.77. The van der Waals surface area contributed by atoms with Gasteiger partial charge in [-0.15, -0.1) is 0 Å². The number of fused-ring (bicyclic) bond motifs is 1. The van der Waals surface area contributed by atoms with E-state index in [9.17, 15) is 9.59 Å². The zero-order valence-corrected chi connectivity index (χ0v) is 15.2. The number of piperazine rings is 2. The van der Waals surface area contributed by atoms with Crippen LogP contribution >= 0.6 is 0 Å². The van der Waals surface area contributed by atoms with Crippen LogP contribution in [0.3, 0.4) is 0 Å². The Morgan fingerprint density at radius 3 is 2.59 bits per heavy atom. The van der Waals surface area contributed by atoms with Gasteiger partial charge in [0.1, 0.15) is 6.04 Å². The van der Waals surface area contributed by atoms with Crippen molar-refractivity contribution in [3.63, 3.8) is 0 Å². The van der Waals surface area contributed by atoms with Gasteiger partial charge in [-0.1, -0.05) is 12.1 Å². The number of hydrogen-bond acceptors (Lipinski definition) is 5. The molecule has 0 saturated carbocycles. The molecule has 2 saturated heterocycles. The molecule has 1 aromatic carbocycles. The Morgan fingerprint density at radius 2 is 1.89 bits per heavy atom. The van der Waals surface area contributed by atoms with Gasteiger partial charge in [0.15, 0.2) is 0 Å². The minimum absolute atomic E-state index is 0.0149. The van der Waals surface area contributed by atoms with E-state index in [1.165, 1.54) is 0 Å². The maximum Gasteiger partial charge on any atom is 0.253 e. The Hall–Kier alpha value is -2.93. The van der Waals surface area contributed by atoms with Gasteiger partial charge in [0.2, 0.25) is 11.8 Å². The zero-order chi connectivity index (χ0) is 18.8. The Morgan fingerprint density at radius 1 is 1.11 bits per heavy atom. The molecule has 2 fully saturated rings. The van der Waals surface area contributed by atoms with Crippen molar-refractivity contribution >= 4 is 11.8 Å². The molecule has 7 heteroatoms. The first-order chi connectivity index (χ1) is 13.2. The van der Waals surface area contributed by atoms with Crippen LogP contribution in [0, 0.1) is 0 Å². The van der Waals surface area contributed by atoms with E-state index in [1.54, 1.807) is 18.2 Å². The molecule has 7 nitrogen and oxygen atoms in total. The minimum Gasteiger partial charge on any atom is -0.481 e. The predicted molar refractivity (Wildman–Crippen MR) is 100 cm³/mol. The summed E-state index contributed by atoms with van der Waals surface area (Å²) >= 11 is 0.